The van der Waals surface area contributed by atoms with Crippen LogP contribution in [0.5, 0.6) is 0 Å². The molecule has 0 aliphatic heterocycles. The van der Waals surface area contributed by atoms with Crippen molar-refractivity contribution in [3.63, 3.8) is 0 Å². The smallest absolute Gasteiger partial charge is 0.251 e. The first kappa shape index (κ1) is 18.8. The molecule has 4 N–H and O–H groups in total. The Labute approximate surface area is 169 Å². The predicted octanol–water partition coefficient (Wildman–Crippen LogP) is 4.57. The lowest BCUT2D eigenvalue weighted by Crippen LogP contribution is -2.35. The zero-order valence-electron chi connectivity index (χ0n) is 16.4. The number of nitrogens with zero attached hydrogens (tertiary/aromatic N) is 1. The highest BCUT2D eigenvalue weighted by molar-refractivity contribution is 5.99. The van der Waals surface area contributed by atoms with E-state index in [-0.39, 0.29) is 11.9 Å². The van der Waals surface area contributed by atoms with E-state index in [0.717, 1.165) is 47.4 Å². The Hall–Kier alpha value is -3.54. The summed E-state index contributed by atoms with van der Waals surface area (Å²) in [5.41, 5.74) is 4.53. The predicted molar refractivity (Wildman–Crippen MR) is 117 cm³/mol. The largest absolute Gasteiger partial charge is 0.385 e. The topological polar surface area (TPSA) is 85.6 Å². The van der Waals surface area contributed by atoms with Crippen LogP contribution in [0.4, 0.5) is 5.69 Å². The number of anilines is 1. The fourth-order valence-electron chi connectivity index (χ4n) is 3.42. The maximum atomic E-state index is 12.8. The molecular formula is C23H25N5O. The maximum Gasteiger partial charge on any atom is 0.251 e. The lowest BCUT2D eigenvalue weighted by atomic mass is 10.1. The molecule has 1 unspecified atom stereocenters. The van der Waals surface area contributed by atoms with Gasteiger partial charge in [0.2, 0.25) is 0 Å². The van der Waals surface area contributed by atoms with E-state index in [2.05, 4.69) is 32.7 Å². The molecule has 1 atom stereocenters. The van der Waals surface area contributed by atoms with Gasteiger partial charge < -0.3 is 15.6 Å². The fourth-order valence-corrected chi connectivity index (χ4v) is 3.42. The molecule has 0 spiro atoms. The second kappa shape index (κ2) is 8.65. The van der Waals surface area contributed by atoms with Crippen LogP contribution in [0.2, 0.25) is 0 Å². The molecule has 0 aliphatic carbocycles. The third-order valence-corrected chi connectivity index (χ3v) is 5.08. The lowest BCUT2D eigenvalue weighted by molar-refractivity contribution is 0.0934. The monoisotopic (exact) mass is 387 g/mol. The summed E-state index contributed by atoms with van der Waals surface area (Å²) in [7, 11) is 0. The van der Waals surface area contributed by atoms with Gasteiger partial charge in [0, 0.05) is 40.9 Å². The summed E-state index contributed by atoms with van der Waals surface area (Å²) < 4.78 is 0. The minimum Gasteiger partial charge on any atom is -0.385 e. The van der Waals surface area contributed by atoms with Gasteiger partial charge in [-0.05, 0) is 55.3 Å². The summed E-state index contributed by atoms with van der Waals surface area (Å²) >= 11 is 0. The second-order valence-corrected chi connectivity index (χ2v) is 7.10. The molecule has 0 bridgehead atoms. The first-order valence-corrected chi connectivity index (χ1v) is 9.95. The Morgan fingerprint density at radius 2 is 1.97 bits per heavy atom. The van der Waals surface area contributed by atoms with Crippen molar-refractivity contribution in [3.8, 4) is 11.4 Å². The average Bonchev–Trinajstić information content (AvgIpc) is 3.42. The van der Waals surface area contributed by atoms with Gasteiger partial charge in [-0.15, -0.1) is 0 Å². The van der Waals surface area contributed by atoms with E-state index in [1.165, 1.54) is 0 Å². The molecule has 1 amide bonds. The first-order valence-electron chi connectivity index (χ1n) is 9.95. The van der Waals surface area contributed by atoms with E-state index in [4.69, 9.17) is 0 Å². The van der Waals surface area contributed by atoms with Gasteiger partial charge in [-0.25, -0.2) is 0 Å². The van der Waals surface area contributed by atoms with Crippen molar-refractivity contribution >= 4 is 22.5 Å². The Balaban J connectivity index is 1.39. The van der Waals surface area contributed by atoms with Crippen molar-refractivity contribution < 1.29 is 4.79 Å². The molecule has 0 radical (unpaired) electrons. The molecule has 148 valence electrons. The van der Waals surface area contributed by atoms with E-state index in [9.17, 15) is 4.79 Å². The normalized spacial score (nSPS) is 12.0. The standard InChI is InChI=1S/C23H25N5O/c1-2-18(10-12-24-19-6-4-3-5-7-19)26-23(29)16-8-9-20-17(14-16)15-22(27-20)21-11-13-25-28-21/h3-9,11,13-15,18,24,27H,2,10,12H2,1H3,(H,25,28)(H,26,29). The van der Waals surface area contributed by atoms with Crippen molar-refractivity contribution in [2.45, 2.75) is 25.8 Å². The summed E-state index contributed by atoms with van der Waals surface area (Å²) in [5, 5.41) is 14.6. The van der Waals surface area contributed by atoms with E-state index < -0.39 is 0 Å². The van der Waals surface area contributed by atoms with Gasteiger partial charge >= 0.3 is 0 Å². The van der Waals surface area contributed by atoms with Crippen LogP contribution in [-0.2, 0) is 0 Å². The molecule has 6 heteroatoms. The quantitative estimate of drug-likeness (QED) is 0.357. The number of carbonyl (C=O) groups excluding carboxylic acids is 1. The summed E-state index contributed by atoms with van der Waals surface area (Å²) in [6.07, 6.45) is 3.54. The highest BCUT2D eigenvalue weighted by Crippen LogP contribution is 2.23. The highest BCUT2D eigenvalue weighted by atomic mass is 16.1. The Morgan fingerprint density at radius 3 is 2.72 bits per heavy atom. The van der Waals surface area contributed by atoms with E-state index in [0.29, 0.717) is 5.56 Å². The number of aromatic amines is 2. The van der Waals surface area contributed by atoms with Crippen molar-refractivity contribution in [3.05, 3.63) is 72.4 Å². The van der Waals surface area contributed by atoms with Crippen molar-refractivity contribution in [2.24, 2.45) is 0 Å². The number of fused-ring (bicyclic) bond motifs is 1. The van der Waals surface area contributed by atoms with E-state index in [1.54, 1.807) is 6.20 Å². The SMILES string of the molecule is CCC(CCNc1ccccc1)NC(=O)c1ccc2[nH]c(-c3cc[nH]n3)cc2c1. The molecule has 29 heavy (non-hydrogen) atoms. The number of hydrogen-bond acceptors (Lipinski definition) is 3. The van der Waals surface area contributed by atoms with Crippen LogP contribution in [0.15, 0.2) is 66.9 Å². The minimum absolute atomic E-state index is 0.0408. The zero-order valence-corrected chi connectivity index (χ0v) is 16.4. The zero-order chi connectivity index (χ0) is 20.1. The fraction of sp³-hybridized carbons (Fsp3) is 0.217. The van der Waals surface area contributed by atoms with Crippen LogP contribution in [0.3, 0.4) is 0 Å². The number of benzene rings is 2. The number of H-pyrrole nitrogens is 2. The highest BCUT2D eigenvalue weighted by Gasteiger charge is 2.14. The third kappa shape index (κ3) is 4.48. The van der Waals surface area contributed by atoms with Gasteiger partial charge in [0.05, 0.1) is 5.69 Å². The number of nitrogens with one attached hydrogen (secondary N) is 4. The first-order chi connectivity index (χ1) is 14.2. The van der Waals surface area contributed by atoms with Crippen LogP contribution >= 0.6 is 0 Å². The average molecular weight is 387 g/mol. The van der Waals surface area contributed by atoms with Crippen LogP contribution in [-0.4, -0.2) is 33.7 Å². The van der Waals surface area contributed by atoms with Crippen LogP contribution in [0, 0.1) is 0 Å². The molecule has 0 saturated carbocycles. The number of rotatable bonds is 8. The number of hydrogen-bond donors (Lipinski definition) is 4. The molecule has 0 saturated heterocycles. The number of carbonyl (C=O) groups is 1. The van der Waals surface area contributed by atoms with Crippen molar-refractivity contribution in [1.29, 1.82) is 0 Å². The number of amides is 1. The number of aromatic nitrogens is 3. The third-order valence-electron chi connectivity index (χ3n) is 5.08. The molecule has 2 aromatic heterocycles. The summed E-state index contributed by atoms with van der Waals surface area (Å²) in [4.78, 5) is 16.1. The minimum atomic E-state index is -0.0408. The van der Waals surface area contributed by atoms with Gasteiger partial charge in [-0.1, -0.05) is 25.1 Å². The van der Waals surface area contributed by atoms with Gasteiger partial charge in [0.1, 0.15) is 5.69 Å². The second-order valence-electron chi connectivity index (χ2n) is 7.10. The molecular weight excluding hydrogens is 362 g/mol. The molecule has 4 rings (SSSR count). The molecule has 2 aromatic carbocycles. The molecule has 4 aromatic rings. The van der Waals surface area contributed by atoms with E-state index in [1.807, 2.05) is 60.7 Å². The van der Waals surface area contributed by atoms with Gasteiger partial charge in [0.15, 0.2) is 0 Å². The van der Waals surface area contributed by atoms with Crippen molar-refractivity contribution in [1.82, 2.24) is 20.5 Å². The van der Waals surface area contributed by atoms with E-state index >= 15 is 0 Å². The molecule has 0 aliphatic rings. The lowest BCUT2D eigenvalue weighted by Gasteiger charge is -2.18. The van der Waals surface area contributed by atoms with Crippen LogP contribution < -0.4 is 10.6 Å². The molecule has 2 heterocycles. The Kier molecular flexibility index (Phi) is 5.61. The maximum absolute atomic E-state index is 12.8. The van der Waals surface area contributed by atoms with Gasteiger partial charge in [-0.2, -0.15) is 5.10 Å². The molecule has 6 nitrogen and oxygen atoms in total. The summed E-state index contributed by atoms with van der Waals surface area (Å²) in [6, 6.07) is 19.9. The Bertz CT molecular complexity index is 1070. The van der Waals surface area contributed by atoms with Gasteiger partial charge in [-0.3, -0.25) is 9.89 Å². The Morgan fingerprint density at radius 1 is 1.10 bits per heavy atom. The van der Waals surface area contributed by atoms with Crippen LogP contribution in [0.1, 0.15) is 30.1 Å². The summed E-state index contributed by atoms with van der Waals surface area (Å²) in [5.74, 6) is -0.0408. The van der Waals surface area contributed by atoms with Gasteiger partial charge in [0.25, 0.3) is 5.91 Å². The molecule has 0 fully saturated rings. The van der Waals surface area contributed by atoms with Crippen LogP contribution in [0.25, 0.3) is 22.3 Å². The van der Waals surface area contributed by atoms with Crippen molar-refractivity contribution in [2.75, 3.05) is 11.9 Å². The summed E-state index contributed by atoms with van der Waals surface area (Å²) in [6.45, 7) is 2.91. The number of para-hydroxylation sites is 1.